The van der Waals surface area contributed by atoms with E-state index in [-0.39, 0.29) is 0 Å². The van der Waals surface area contributed by atoms with E-state index in [0.29, 0.717) is 12.1 Å². The summed E-state index contributed by atoms with van der Waals surface area (Å²) in [4.78, 5) is 6.05. The Kier molecular flexibility index (Phi) is 6.08. The van der Waals surface area contributed by atoms with Crippen molar-refractivity contribution in [3.05, 3.63) is 78.5 Å². The molecule has 4 aromatic rings. The zero-order valence-electron chi connectivity index (χ0n) is 19.1. The van der Waals surface area contributed by atoms with Crippen LogP contribution in [0.4, 0.5) is 0 Å². The molecule has 0 spiro atoms. The summed E-state index contributed by atoms with van der Waals surface area (Å²) in [6.07, 6.45) is 13.4. The monoisotopic (exact) mass is 427 g/mol. The van der Waals surface area contributed by atoms with Gasteiger partial charge in [0.15, 0.2) is 0 Å². The predicted molar refractivity (Wildman–Crippen MR) is 130 cm³/mol. The maximum absolute atomic E-state index is 3.93. The number of benzene rings is 2. The van der Waals surface area contributed by atoms with E-state index in [4.69, 9.17) is 0 Å². The average Bonchev–Trinajstić information content (AvgIpc) is 3.53. The summed E-state index contributed by atoms with van der Waals surface area (Å²) in [6, 6.07) is 18.6. The van der Waals surface area contributed by atoms with Crippen molar-refractivity contribution in [1.29, 1.82) is 0 Å². The van der Waals surface area contributed by atoms with E-state index in [2.05, 4.69) is 88.8 Å². The molecule has 2 aromatic heterocycles. The fourth-order valence-electron chi connectivity index (χ4n) is 5.35. The van der Waals surface area contributed by atoms with E-state index in [1.54, 1.807) is 12.7 Å². The van der Waals surface area contributed by atoms with Crippen LogP contribution in [0.1, 0.15) is 56.2 Å². The third-order valence-corrected chi connectivity index (χ3v) is 7.57. The van der Waals surface area contributed by atoms with Crippen LogP contribution in [-0.2, 0) is 6.42 Å². The molecule has 1 aliphatic carbocycles. The summed E-state index contributed by atoms with van der Waals surface area (Å²) in [6.45, 7) is 2.34. The van der Waals surface area contributed by atoms with E-state index >= 15 is 0 Å². The zero-order valence-corrected chi connectivity index (χ0v) is 19.1. The molecule has 1 aliphatic rings. The molecule has 0 aliphatic heterocycles. The lowest BCUT2D eigenvalue weighted by atomic mass is 9.81. The van der Waals surface area contributed by atoms with Crippen molar-refractivity contribution in [1.82, 2.24) is 24.6 Å². The number of aromatic amines is 1. The minimum atomic E-state index is 0.476. The van der Waals surface area contributed by atoms with Crippen LogP contribution in [0.5, 0.6) is 0 Å². The Morgan fingerprint density at radius 2 is 1.78 bits per heavy atom. The molecule has 0 amide bonds. The quantitative estimate of drug-likeness (QED) is 0.397. The molecule has 1 N–H and O–H groups in total. The minimum Gasteiger partial charge on any atom is -0.361 e. The number of rotatable bonds is 7. The van der Waals surface area contributed by atoms with Crippen molar-refractivity contribution in [3.8, 4) is 5.69 Å². The number of hydrogen-bond donors (Lipinski definition) is 1. The number of nitrogens with zero attached hydrogens (tertiary/aromatic N) is 4. The van der Waals surface area contributed by atoms with E-state index < -0.39 is 0 Å². The Bertz CT molecular complexity index is 1120. The first kappa shape index (κ1) is 21.0. The van der Waals surface area contributed by atoms with Gasteiger partial charge in [-0.05, 0) is 87.7 Å². The number of aryl methyl sites for hydroxylation is 1. The number of H-pyrrole nitrogens is 1. The zero-order chi connectivity index (χ0) is 21.9. The van der Waals surface area contributed by atoms with Crippen LogP contribution in [0.2, 0.25) is 0 Å². The van der Waals surface area contributed by atoms with Crippen LogP contribution in [0.15, 0.2) is 67.4 Å². The third kappa shape index (κ3) is 4.35. The summed E-state index contributed by atoms with van der Waals surface area (Å²) in [5, 5.41) is 9.19. The molecule has 1 unspecified atom stereocenters. The van der Waals surface area contributed by atoms with Gasteiger partial charge >= 0.3 is 0 Å². The molecular weight excluding hydrogens is 394 g/mol. The normalized spacial score (nSPS) is 20.1. The first-order valence-electron chi connectivity index (χ1n) is 11.9. The molecule has 0 radical (unpaired) electrons. The molecule has 1 atom stereocenters. The lowest BCUT2D eigenvalue weighted by molar-refractivity contribution is 0.125. The Morgan fingerprint density at radius 1 is 1.03 bits per heavy atom. The molecule has 2 heterocycles. The van der Waals surface area contributed by atoms with Crippen molar-refractivity contribution in [2.45, 2.75) is 57.5 Å². The minimum absolute atomic E-state index is 0.476. The van der Waals surface area contributed by atoms with E-state index in [0.717, 1.165) is 18.0 Å². The molecule has 0 saturated heterocycles. The van der Waals surface area contributed by atoms with Crippen molar-refractivity contribution < 1.29 is 0 Å². The summed E-state index contributed by atoms with van der Waals surface area (Å²) in [7, 11) is 2.31. The Hall–Kier alpha value is -2.92. The van der Waals surface area contributed by atoms with E-state index in [9.17, 15) is 0 Å². The molecular formula is C27H33N5. The maximum atomic E-state index is 3.93. The molecule has 1 saturated carbocycles. The highest BCUT2D eigenvalue weighted by Crippen LogP contribution is 2.34. The Morgan fingerprint density at radius 3 is 2.53 bits per heavy atom. The predicted octanol–water partition coefficient (Wildman–Crippen LogP) is 5.93. The maximum Gasteiger partial charge on any atom is 0.123 e. The van der Waals surface area contributed by atoms with Crippen LogP contribution in [0, 0.1) is 5.92 Å². The Balaban J connectivity index is 1.17. The summed E-state index contributed by atoms with van der Waals surface area (Å²) < 4.78 is 1.96. The average molecular weight is 428 g/mol. The number of aromatic nitrogens is 4. The van der Waals surface area contributed by atoms with Gasteiger partial charge in [-0.1, -0.05) is 30.3 Å². The second kappa shape index (κ2) is 9.29. The SMILES string of the molecule is CC(c1ccccc1)N(C)C1CCC(CCc2c[nH]c3ccc(-n4cnnc4)cc23)CC1. The molecule has 0 bridgehead atoms. The highest BCUT2D eigenvalue weighted by atomic mass is 15.2. The van der Waals surface area contributed by atoms with Gasteiger partial charge in [-0.25, -0.2) is 0 Å². The number of hydrogen-bond acceptors (Lipinski definition) is 3. The summed E-state index contributed by atoms with van der Waals surface area (Å²) >= 11 is 0. The van der Waals surface area contributed by atoms with Gasteiger partial charge in [-0.2, -0.15) is 0 Å². The standard InChI is InChI=1S/C27H33N5/c1-20(22-6-4-3-5-7-22)31(2)24-12-9-21(10-13-24)8-11-23-17-28-27-15-14-25(16-26(23)27)32-18-29-30-19-32/h3-7,14-21,24,28H,8-13H2,1-2H3. The number of nitrogens with one attached hydrogen (secondary N) is 1. The van der Waals surface area contributed by atoms with Gasteiger partial charge in [-0.15, -0.1) is 10.2 Å². The lowest BCUT2D eigenvalue weighted by Gasteiger charge is -2.38. The van der Waals surface area contributed by atoms with Gasteiger partial charge < -0.3 is 4.98 Å². The second-order valence-electron chi connectivity index (χ2n) is 9.38. The topological polar surface area (TPSA) is 49.7 Å². The summed E-state index contributed by atoms with van der Waals surface area (Å²) in [5.41, 5.74) is 5.16. The van der Waals surface area contributed by atoms with Crippen molar-refractivity contribution >= 4 is 10.9 Å². The molecule has 2 aromatic carbocycles. The first-order valence-corrected chi connectivity index (χ1v) is 11.9. The molecule has 1 fully saturated rings. The van der Waals surface area contributed by atoms with Gasteiger partial charge in [0.2, 0.25) is 0 Å². The largest absolute Gasteiger partial charge is 0.361 e. The molecule has 5 nitrogen and oxygen atoms in total. The van der Waals surface area contributed by atoms with Gasteiger partial charge in [0, 0.05) is 34.9 Å². The molecule has 5 rings (SSSR count). The molecule has 166 valence electrons. The van der Waals surface area contributed by atoms with Gasteiger partial charge in [0.1, 0.15) is 12.7 Å². The van der Waals surface area contributed by atoms with Gasteiger partial charge in [0.05, 0.1) is 0 Å². The number of fused-ring (bicyclic) bond motifs is 1. The smallest absolute Gasteiger partial charge is 0.123 e. The highest BCUT2D eigenvalue weighted by molar-refractivity contribution is 5.85. The van der Waals surface area contributed by atoms with Crippen LogP contribution in [-0.4, -0.2) is 37.7 Å². The van der Waals surface area contributed by atoms with Gasteiger partial charge in [-0.3, -0.25) is 9.47 Å². The fraction of sp³-hybridized carbons (Fsp3) is 0.407. The van der Waals surface area contributed by atoms with Gasteiger partial charge in [0.25, 0.3) is 0 Å². The van der Waals surface area contributed by atoms with Crippen molar-refractivity contribution in [2.24, 2.45) is 5.92 Å². The Labute approximate surface area is 190 Å². The second-order valence-corrected chi connectivity index (χ2v) is 9.38. The van der Waals surface area contributed by atoms with Crippen molar-refractivity contribution in [2.75, 3.05) is 7.05 Å². The first-order chi connectivity index (χ1) is 15.7. The lowest BCUT2D eigenvalue weighted by Crippen LogP contribution is -2.37. The van der Waals surface area contributed by atoms with Crippen LogP contribution in [0.25, 0.3) is 16.6 Å². The fourth-order valence-corrected chi connectivity index (χ4v) is 5.35. The highest BCUT2D eigenvalue weighted by Gasteiger charge is 2.26. The third-order valence-electron chi connectivity index (χ3n) is 7.57. The molecule has 5 heteroatoms. The van der Waals surface area contributed by atoms with E-state index in [1.165, 1.54) is 54.1 Å². The molecule has 32 heavy (non-hydrogen) atoms. The van der Waals surface area contributed by atoms with Crippen LogP contribution < -0.4 is 0 Å². The van der Waals surface area contributed by atoms with Crippen LogP contribution in [0.3, 0.4) is 0 Å². The van der Waals surface area contributed by atoms with E-state index in [1.807, 2.05) is 4.57 Å². The van der Waals surface area contributed by atoms with Crippen LogP contribution >= 0.6 is 0 Å². The summed E-state index contributed by atoms with van der Waals surface area (Å²) in [5.74, 6) is 0.831. The van der Waals surface area contributed by atoms with Crippen molar-refractivity contribution in [3.63, 3.8) is 0 Å².